The van der Waals surface area contributed by atoms with Gasteiger partial charge in [-0.2, -0.15) is 0 Å². The molecule has 0 saturated carbocycles. The lowest BCUT2D eigenvalue weighted by Crippen LogP contribution is -2.49. The maximum absolute atomic E-state index is 13.0. The van der Waals surface area contributed by atoms with E-state index in [4.69, 9.17) is 9.47 Å². The molecule has 6 heteroatoms. The van der Waals surface area contributed by atoms with Crippen molar-refractivity contribution in [3.63, 3.8) is 0 Å². The Morgan fingerprint density at radius 2 is 1.68 bits per heavy atom. The summed E-state index contributed by atoms with van der Waals surface area (Å²) < 4.78 is 10.7. The highest BCUT2D eigenvalue weighted by atomic mass is 16.5. The van der Waals surface area contributed by atoms with Crippen molar-refractivity contribution < 1.29 is 14.3 Å². The van der Waals surface area contributed by atoms with Crippen LogP contribution in [-0.2, 0) is 0 Å². The van der Waals surface area contributed by atoms with Gasteiger partial charge in [0.1, 0.15) is 22.9 Å². The number of pyridine rings is 1. The molecule has 1 aromatic carbocycles. The Bertz CT molecular complexity index is 733. The van der Waals surface area contributed by atoms with E-state index in [9.17, 15) is 4.79 Å². The highest BCUT2D eigenvalue weighted by Gasteiger charge is 2.27. The number of hydrogen-bond donors (Lipinski definition) is 0. The first-order chi connectivity index (χ1) is 12.1. The predicted octanol–water partition coefficient (Wildman–Crippen LogP) is 2.37. The first-order valence-electron chi connectivity index (χ1n) is 8.32. The third-order valence-electron chi connectivity index (χ3n) is 4.43. The molecule has 1 saturated heterocycles. The lowest BCUT2D eigenvalue weighted by Gasteiger charge is -2.35. The molecule has 0 atom stereocenters. The molecular formula is C19H23N3O3. The molecule has 3 rings (SSSR count). The zero-order chi connectivity index (χ0) is 17.8. The van der Waals surface area contributed by atoms with E-state index in [0.717, 1.165) is 18.9 Å². The third-order valence-corrected chi connectivity index (χ3v) is 4.43. The predicted molar refractivity (Wildman–Crippen MR) is 96.6 cm³/mol. The monoisotopic (exact) mass is 341 g/mol. The number of aryl methyl sites for hydroxylation is 1. The van der Waals surface area contributed by atoms with Crippen LogP contribution in [0.25, 0.3) is 0 Å². The number of ether oxygens (including phenoxy) is 2. The van der Waals surface area contributed by atoms with E-state index in [1.54, 1.807) is 26.4 Å². The van der Waals surface area contributed by atoms with Crippen LogP contribution < -0.4 is 14.4 Å². The molecule has 132 valence electrons. The normalized spacial score (nSPS) is 14.4. The van der Waals surface area contributed by atoms with Crippen molar-refractivity contribution in [2.24, 2.45) is 0 Å². The number of carbonyl (C=O) groups is 1. The zero-order valence-corrected chi connectivity index (χ0v) is 14.9. The van der Waals surface area contributed by atoms with Crippen LogP contribution in [0.2, 0.25) is 0 Å². The molecule has 1 aliphatic heterocycles. The van der Waals surface area contributed by atoms with Crippen LogP contribution in [0, 0.1) is 6.92 Å². The Balaban J connectivity index is 1.74. The highest BCUT2D eigenvalue weighted by molar-refractivity contribution is 5.99. The first kappa shape index (κ1) is 17.1. The molecular weight excluding hydrogens is 318 g/mol. The lowest BCUT2D eigenvalue weighted by atomic mass is 10.1. The number of methoxy groups -OCH3 is 2. The van der Waals surface area contributed by atoms with E-state index in [-0.39, 0.29) is 5.91 Å². The summed E-state index contributed by atoms with van der Waals surface area (Å²) in [4.78, 5) is 21.5. The van der Waals surface area contributed by atoms with Gasteiger partial charge in [0, 0.05) is 32.4 Å². The number of benzene rings is 1. The number of hydrogen-bond acceptors (Lipinski definition) is 5. The third kappa shape index (κ3) is 3.52. The average Bonchev–Trinajstić information content (AvgIpc) is 2.66. The SMILES string of the molecule is COc1cccc(OC)c1C(=O)N1CCN(c2cc(C)ccn2)CC1. The van der Waals surface area contributed by atoms with Crippen molar-refractivity contribution in [2.75, 3.05) is 45.3 Å². The van der Waals surface area contributed by atoms with Gasteiger partial charge in [-0.05, 0) is 36.8 Å². The van der Waals surface area contributed by atoms with Crippen LogP contribution in [0.3, 0.4) is 0 Å². The van der Waals surface area contributed by atoms with E-state index >= 15 is 0 Å². The number of piperazine rings is 1. The van der Waals surface area contributed by atoms with Gasteiger partial charge in [-0.15, -0.1) is 0 Å². The second-order valence-electron chi connectivity index (χ2n) is 6.01. The summed E-state index contributed by atoms with van der Waals surface area (Å²) in [5, 5.41) is 0. The van der Waals surface area contributed by atoms with Gasteiger partial charge >= 0.3 is 0 Å². The Hall–Kier alpha value is -2.76. The average molecular weight is 341 g/mol. The summed E-state index contributed by atoms with van der Waals surface area (Å²) in [6.07, 6.45) is 1.82. The molecule has 1 aliphatic rings. The number of rotatable bonds is 4. The van der Waals surface area contributed by atoms with E-state index in [1.807, 2.05) is 23.2 Å². The van der Waals surface area contributed by atoms with Gasteiger partial charge in [0.15, 0.2) is 0 Å². The van der Waals surface area contributed by atoms with Crippen LogP contribution in [0.1, 0.15) is 15.9 Å². The summed E-state index contributed by atoms with van der Waals surface area (Å²) in [6, 6.07) is 9.43. The van der Waals surface area contributed by atoms with Crippen LogP contribution in [0.15, 0.2) is 36.5 Å². The van der Waals surface area contributed by atoms with Gasteiger partial charge in [-0.25, -0.2) is 4.98 Å². The minimum Gasteiger partial charge on any atom is -0.496 e. The molecule has 0 bridgehead atoms. The van der Waals surface area contributed by atoms with Crippen molar-refractivity contribution in [3.8, 4) is 11.5 Å². The molecule has 0 aliphatic carbocycles. The van der Waals surface area contributed by atoms with Crippen LogP contribution in [-0.4, -0.2) is 56.2 Å². The maximum atomic E-state index is 13.0. The van der Waals surface area contributed by atoms with Crippen LogP contribution >= 0.6 is 0 Å². The summed E-state index contributed by atoms with van der Waals surface area (Å²) in [7, 11) is 3.12. The molecule has 2 aromatic rings. The molecule has 0 unspecified atom stereocenters. The fourth-order valence-corrected chi connectivity index (χ4v) is 3.05. The summed E-state index contributed by atoms with van der Waals surface area (Å²) in [5.74, 6) is 1.97. The van der Waals surface area contributed by atoms with Gasteiger partial charge in [0.2, 0.25) is 0 Å². The largest absolute Gasteiger partial charge is 0.496 e. The smallest absolute Gasteiger partial charge is 0.261 e. The zero-order valence-electron chi connectivity index (χ0n) is 14.9. The highest BCUT2D eigenvalue weighted by Crippen LogP contribution is 2.30. The molecule has 25 heavy (non-hydrogen) atoms. The Labute approximate surface area is 148 Å². The quantitative estimate of drug-likeness (QED) is 0.855. The molecule has 0 N–H and O–H groups in total. The Morgan fingerprint density at radius 3 is 2.24 bits per heavy atom. The van der Waals surface area contributed by atoms with E-state index in [2.05, 4.69) is 22.9 Å². The first-order valence-corrected chi connectivity index (χ1v) is 8.32. The molecule has 6 nitrogen and oxygen atoms in total. The van der Waals surface area contributed by atoms with E-state index in [1.165, 1.54) is 5.56 Å². The topological polar surface area (TPSA) is 54.9 Å². The molecule has 1 aromatic heterocycles. The van der Waals surface area contributed by atoms with Crippen LogP contribution in [0.4, 0.5) is 5.82 Å². The van der Waals surface area contributed by atoms with Crippen molar-refractivity contribution in [2.45, 2.75) is 6.92 Å². The van der Waals surface area contributed by atoms with Gasteiger partial charge in [-0.3, -0.25) is 4.79 Å². The number of anilines is 1. The van der Waals surface area contributed by atoms with Crippen molar-refractivity contribution in [3.05, 3.63) is 47.7 Å². The van der Waals surface area contributed by atoms with Crippen molar-refractivity contribution >= 4 is 11.7 Å². The molecule has 1 amide bonds. The minimum absolute atomic E-state index is 0.0637. The number of nitrogens with zero attached hydrogens (tertiary/aromatic N) is 3. The van der Waals surface area contributed by atoms with E-state index < -0.39 is 0 Å². The van der Waals surface area contributed by atoms with Gasteiger partial charge < -0.3 is 19.3 Å². The second kappa shape index (κ2) is 7.42. The van der Waals surface area contributed by atoms with Crippen molar-refractivity contribution in [1.82, 2.24) is 9.88 Å². The fraction of sp³-hybridized carbons (Fsp3) is 0.368. The molecule has 0 spiro atoms. The van der Waals surface area contributed by atoms with Gasteiger partial charge in [0.25, 0.3) is 5.91 Å². The summed E-state index contributed by atoms with van der Waals surface area (Å²) in [5.41, 5.74) is 1.66. The summed E-state index contributed by atoms with van der Waals surface area (Å²) >= 11 is 0. The van der Waals surface area contributed by atoms with Crippen molar-refractivity contribution in [1.29, 1.82) is 0 Å². The number of carbonyl (C=O) groups excluding carboxylic acids is 1. The standard InChI is InChI=1S/C19H23N3O3/c1-14-7-8-20-17(13-14)21-9-11-22(12-10-21)19(23)18-15(24-2)5-4-6-16(18)25-3/h4-8,13H,9-12H2,1-3H3. The molecule has 2 heterocycles. The van der Waals surface area contributed by atoms with E-state index in [0.29, 0.717) is 30.2 Å². The Kier molecular flexibility index (Phi) is 5.07. The molecule has 1 fully saturated rings. The number of aromatic nitrogens is 1. The lowest BCUT2D eigenvalue weighted by molar-refractivity contribution is 0.0739. The second-order valence-corrected chi connectivity index (χ2v) is 6.01. The maximum Gasteiger partial charge on any atom is 0.261 e. The number of amides is 1. The minimum atomic E-state index is -0.0637. The van der Waals surface area contributed by atoms with Gasteiger partial charge in [-0.1, -0.05) is 6.07 Å². The summed E-state index contributed by atoms with van der Waals surface area (Å²) in [6.45, 7) is 4.82. The van der Waals surface area contributed by atoms with Gasteiger partial charge in [0.05, 0.1) is 14.2 Å². The molecule has 0 radical (unpaired) electrons. The van der Waals surface area contributed by atoms with Crippen LogP contribution in [0.5, 0.6) is 11.5 Å². The Morgan fingerprint density at radius 1 is 1.04 bits per heavy atom. The fourth-order valence-electron chi connectivity index (χ4n) is 3.05.